The van der Waals surface area contributed by atoms with E-state index in [0.717, 1.165) is 31.6 Å². The number of aromatic amines is 1. The van der Waals surface area contributed by atoms with Crippen molar-refractivity contribution in [3.05, 3.63) is 45.4 Å². The highest BCUT2D eigenvalue weighted by atomic mass is 16.1. The van der Waals surface area contributed by atoms with E-state index in [2.05, 4.69) is 27.4 Å². The van der Waals surface area contributed by atoms with Crippen molar-refractivity contribution in [3.8, 4) is 18.4 Å². The SMILES string of the molecule is C#Cc1ccc2nc3c(C#N)c(C4CCNCC4)[nH]n3c(=O)c2c1. The third kappa shape index (κ3) is 2.09. The fourth-order valence-electron chi connectivity index (χ4n) is 3.36. The zero-order chi connectivity index (χ0) is 16.7. The molecule has 3 heterocycles. The largest absolute Gasteiger partial charge is 0.317 e. The van der Waals surface area contributed by atoms with Gasteiger partial charge < -0.3 is 5.32 Å². The second-order valence-electron chi connectivity index (χ2n) is 5.99. The molecule has 3 aromatic rings. The maximum Gasteiger partial charge on any atom is 0.280 e. The molecule has 2 N–H and O–H groups in total. The van der Waals surface area contributed by atoms with Gasteiger partial charge in [0.15, 0.2) is 5.65 Å². The lowest BCUT2D eigenvalue weighted by molar-refractivity contribution is 0.451. The lowest BCUT2D eigenvalue weighted by atomic mass is 9.92. The van der Waals surface area contributed by atoms with Gasteiger partial charge in [-0.3, -0.25) is 9.89 Å². The van der Waals surface area contributed by atoms with E-state index in [0.29, 0.717) is 27.7 Å². The van der Waals surface area contributed by atoms with E-state index in [1.807, 2.05) is 0 Å². The van der Waals surface area contributed by atoms with Gasteiger partial charge in [-0.1, -0.05) is 5.92 Å². The van der Waals surface area contributed by atoms with Gasteiger partial charge in [0.2, 0.25) is 0 Å². The summed E-state index contributed by atoms with van der Waals surface area (Å²) < 4.78 is 1.37. The Kier molecular flexibility index (Phi) is 3.34. The van der Waals surface area contributed by atoms with Crippen LogP contribution in [0.2, 0.25) is 0 Å². The van der Waals surface area contributed by atoms with Gasteiger partial charge in [0.05, 0.1) is 16.6 Å². The molecule has 4 rings (SSSR count). The van der Waals surface area contributed by atoms with Crippen molar-refractivity contribution in [2.24, 2.45) is 0 Å². The number of piperidine rings is 1. The summed E-state index contributed by atoms with van der Waals surface area (Å²) in [6.07, 6.45) is 7.27. The first-order chi connectivity index (χ1) is 11.7. The van der Waals surface area contributed by atoms with Crippen LogP contribution in [0.15, 0.2) is 23.0 Å². The zero-order valence-electron chi connectivity index (χ0n) is 13.0. The van der Waals surface area contributed by atoms with Crippen LogP contribution < -0.4 is 10.9 Å². The molecule has 0 saturated carbocycles. The van der Waals surface area contributed by atoms with Gasteiger partial charge in [0.25, 0.3) is 5.56 Å². The number of hydrogen-bond donors (Lipinski definition) is 2. The molecule has 6 nitrogen and oxygen atoms in total. The van der Waals surface area contributed by atoms with Crippen molar-refractivity contribution < 1.29 is 0 Å². The molecule has 1 aliphatic rings. The van der Waals surface area contributed by atoms with E-state index in [1.165, 1.54) is 4.52 Å². The molecule has 0 amide bonds. The smallest absolute Gasteiger partial charge is 0.280 e. The van der Waals surface area contributed by atoms with Gasteiger partial charge >= 0.3 is 0 Å². The predicted octanol–water partition coefficient (Wildman–Crippen LogP) is 1.50. The fourth-order valence-corrected chi connectivity index (χ4v) is 3.36. The fraction of sp³-hybridized carbons (Fsp3) is 0.278. The number of hydrogen-bond acceptors (Lipinski definition) is 4. The van der Waals surface area contributed by atoms with Crippen molar-refractivity contribution in [2.45, 2.75) is 18.8 Å². The summed E-state index contributed by atoms with van der Waals surface area (Å²) in [6.45, 7) is 1.81. The maximum absolute atomic E-state index is 12.8. The highest BCUT2D eigenvalue weighted by Crippen LogP contribution is 2.28. The van der Waals surface area contributed by atoms with E-state index in [1.54, 1.807) is 18.2 Å². The zero-order valence-corrected chi connectivity index (χ0v) is 13.0. The van der Waals surface area contributed by atoms with E-state index in [9.17, 15) is 10.1 Å². The molecule has 1 aliphatic heterocycles. The third-order valence-electron chi connectivity index (χ3n) is 4.62. The summed E-state index contributed by atoms with van der Waals surface area (Å²) in [6, 6.07) is 7.36. The molecule has 0 aliphatic carbocycles. The molecular formula is C18H15N5O. The van der Waals surface area contributed by atoms with Crippen molar-refractivity contribution >= 4 is 16.6 Å². The van der Waals surface area contributed by atoms with Crippen LogP contribution in [-0.2, 0) is 0 Å². The van der Waals surface area contributed by atoms with Crippen molar-refractivity contribution in [1.29, 1.82) is 5.26 Å². The Bertz CT molecular complexity index is 1090. The minimum absolute atomic E-state index is 0.228. The Labute approximate surface area is 138 Å². The molecule has 1 saturated heterocycles. The summed E-state index contributed by atoms with van der Waals surface area (Å²) in [5.41, 5.74) is 2.59. The Morgan fingerprint density at radius 1 is 1.33 bits per heavy atom. The first-order valence-corrected chi connectivity index (χ1v) is 7.88. The molecule has 118 valence electrons. The molecule has 24 heavy (non-hydrogen) atoms. The van der Waals surface area contributed by atoms with Crippen molar-refractivity contribution in [1.82, 2.24) is 19.9 Å². The number of fused-ring (bicyclic) bond motifs is 2. The predicted molar refractivity (Wildman–Crippen MR) is 90.8 cm³/mol. The highest BCUT2D eigenvalue weighted by Gasteiger charge is 2.24. The van der Waals surface area contributed by atoms with Crippen LogP contribution in [-0.4, -0.2) is 27.7 Å². The molecular weight excluding hydrogens is 302 g/mol. The summed E-state index contributed by atoms with van der Waals surface area (Å²) in [4.78, 5) is 17.3. The number of benzene rings is 1. The molecule has 0 radical (unpaired) electrons. The minimum Gasteiger partial charge on any atom is -0.317 e. The molecule has 1 aromatic carbocycles. The first kappa shape index (κ1) is 14.5. The minimum atomic E-state index is -0.233. The molecule has 1 fully saturated rings. The number of nitriles is 1. The lowest BCUT2D eigenvalue weighted by Crippen LogP contribution is -2.27. The van der Waals surface area contributed by atoms with E-state index in [-0.39, 0.29) is 11.5 Å². The highest BCUT2D eigenvalue weighted by molar-refractivity contribution is 5.82. The van der Waals surface area contributed by atoms with E-state index < -0.39 is 0 Å². The second-order valence-corrected chi connectivity index (χ2v) is 5.99. The van der Waals surface area contributed by atoms with Crippen LogP contribution in [0.3, 0.4) is 0 Å². The Balaban J connectivity index is 2.02. The van der Waals surface area contributed by atoms with E-state index >= 15 is 0 Å². The van der Waals surface area contributed by atoms with Gasteiger partial charge in [0.1, 0.15) is 11.6 Å². The van der Waals surface area contributed by atoms with Crippen LogP contribution >= 0.6 is 0 Å². The Hall–Kier alpha value is -3.09. The second kappa shape index (κ2) is 5.52. The summed E-state index contributed by atoms with van der Waals surface area (Å²) in [7, 11) is 0. The summed E-state index contributed by atoms with van der Waals surface area (Å²) in [5, 5.41) is 16.5. The molecule has 0 bridgehead atoms. The molecule has 0 spiro atoms. The monoisotopic (exact) mass is 317 g/mol. The molecule has 6 heteroatoms. The number of nitrogens with zero attached hydrogens (tertiary/aromatic N) is 3. The average molecular weight is 317 g/mol. The topological polar surface area (TPSA) is 86.0 Å². The lowest BCUT2D eigenvalue weighted by Gasteiger charge is -2.21. The number of H-pyrrole nitrogens is 1. The summed E-state index contributed by atoms with van der Waals surface area (Å²) >= 11 is 0. The van der Waals surface area contributed by atoms with Gasteiger partial charge in [-0.2, -0.15) is 9.78 Å². The normalized spacial score (nSPS) is 15.4. The van der Waals surface area contributed by atoms with Crippen LogP contribution in [0, 0.1) is 23.7 Å². The van der Waals surface area contributed by atoms with Crippen molar-refractivity contribution in [2.75, 3.05) is 13.1 Å². The van der Waals surface area contributed by atoms with E-state index in [4.69, 9.17) is 6.42 Å². The standard InChI is InChI=1S/C18H15N5O/c1-2-11-3-4-15-13(9-11)18(24)23-17(21-15)14(10-19)16(22-23)12-5-7-20-8-6-12/h1,3-4,9,12,20,22H,5-8H2. The summed E-state index contributed by atoms with van der Waals surface area (Å²) in [5.74, 6) is 2.76. The number of aromatic nitrogens is 3. The Morgan fingerprint density at radius 2 is 2.12 bits per heavy atom. The van der Waals surface area contributed by atoms with Gasteiger partial charge in [0, 0.05) is 11.5 Å². The van der Waals surface area contributed by atoms with Crippen LogP contribution in [0.5, 0.6) is 0 Å². The van der Waals surface area contributed by atoms with Gasteiger partial charge in [-0.25, -0.2) is 4.98 Å². The Morgan fingerprint density at radius 3 is 2.83 bits per heavy atom. The quantitative estimate of drug-likeness (QED) is 0.666. The number of rotatable bonds is 1. The number of nitrogens with one attached hydrogen (secondary N) is 2. The molecule has 0 unspecified atom stereocenters. The first-order valence-electron chi connectivity index (χ1n) is 7.88. The van der Waals surface area contributed by atoms with Crippen molar-refractivity contribution in [3.63, 3.8) is 0 Å². The van der Waals surface area contributed by atoms with Crippen LogP contribution in [0.25, 0.3) is 16.6 Å². The third-order valence-corrected chi connectivity index (χ3v) is 4.62. The van der Waals surface area contributed by atoms with Crippen LogP contribution in [0.4, 0.5) is 0 Å². The van der Waals surface area contributed by atoms with Gasteiger partial charge in [-0.05, 0) is 44.1 Å². The van der Waals surface area contributed by atoms with Crippen LogP contribution in [0.1, 0.15) is 35.6 Å². The molecule has 2 aromatic heterocycles. The average Bonchev–Trinajstić information content (AvgIpc) is 3.01. The molecule has 0 atom stereocenters. The maximum atomic E-state index is 12.8. The van der Waals surface area contributed by atoms with Gasteiger partial charge in [-0.15, -0.1) is 6.42 Å². The number of terminal acetylenes is 1.